The average Bonchev–Trinajstić information content (AvgIpc) is 2.62. The van der Waals surface area contributed by atoms with Gasteiger partial charge in [-0.3, -0.25) is 4.68 Å². The maximum atomic E-state index is 13.5. The zero-order chi connectivity index (χ0) is 14.9. The molecule has 5 heteroatoms. The lowest BCUT2D eigenvalue weighted by atomic mass is 10.1. The van der Waals surface area contributed by atoms with Gasteiger partial charge in [-0.15, -0.1) is 0 Å². The van der Waals surface area contributed by atoms with E-state index in [1.54, 1.807) is 6.07 Å². The number of halogens is 2. The van der Waals surface area contributed by atoms with E-state index in [0.29, 0.717) is 6.54 Å². The molecule has 1 aromatic heterocycles. The Morgan fingerprint density at radius 1 is 1.40 bits per heavy atom. The topological polar surface area (TPSA) is 43.8 Å². The zero-order valence-corrected chi connectivity index (χ0v) is 12.7. The molecule has 1 heterocycles. The number of hydrogen-bond acceptors (Lipinski definition) is 2. The molecule has 0 aliphatic heterocycles. The Balaban J connectivity index is 2.33. The summed E-state index contributed by atoms with van der Waals surface area (Å²) in [6.07, 6.45) is 0.786. The normalized spacial score (nSPS) is 12.7. The number of nitrogens with two attached hydrogens (primary N) is 1. The molecule has 1 atom stereocenters. The van der Waals surface area contributed by atoms with E-state index in [2.05, 4.69) is 5.10 Å². The SMILES string of the molecule is Cc1nn(Cc2cccc(F)c2Cl)c(C)c1CC(C)N. The van der Waals surface area contributed by atoms with Crippen molar-refractivity contribution in [3.63, 3.8) is 0 Å². The van der Waals surface area contributed by atoms with Gasteiger partial charge in [0.05, 0.1) is 17.3 Å². The van der Waals surface area contributed by atoms with Crippen LogP contribution in [-0.2, 0) is 13.0 Å². The van der Waals surface area contributed by atoms with E-state index in [9.17, 15) is 4.39 Å². The number of aryl methyl sites for hydroxylation is 1. The summed E-state index contributed by atoms with van der Waals surface area (Å²) in [6.45, 7) is 6.40. The molecule has 0 fully saturated rings. The van der Waals surface area contributed by atoms with Crippen LogP contribution in [0.2, 0.25) is 5.02 Å². The summed E-state index contributed by atoms with van der Waals surface area (Å²) in [5.74, 6) is -0.401. The van der Waals surface area contributed by atoms with Crippen LogP contribution in [0.5, 0.6) is 0 Å². The van der Waals surface area contributed by atoms with E-state index in [1.807, 2.05) is 31.5 Å². The van der Waals surface area contributed by atoms with Gasteiger partial charge in [-0.05, 0) is 44.4 Å². The summed E-state index contributed by atoms with van der Waals surface area (Å²) in [4.78, 5) is 0. The van der Waals surface area contributed by atoms with E-state index in [1.165, 1.54) is 6.07 Å². The van der Waals surface area contributed by atoms with Gasteiger partial charge in [-0.25, -0.2) is 4.39 Å². The molecule has 1 aromatic carbocycles. The molecule has 3 nitrogen and oxygen atoms in total. The third kappa shape index (κ3) is 3.02. The molecule has 20 heavy (non-hydrogen) atoms. The van der Waals surface area contributed by atoms with Crippen molar-refractivity contribution in [2.75, 3.05) is 0 Å². The fourth-order valence-electron chi connectivity index (χ4n) is 2.34. The smallest absolute Gasteiger partial charge is 0.142 e. The van der Waals surface area contributed by atoms with Crippen molar-refractivity contribution in [1.29, 1.82) is 0 Å². The van der Waals surface area contributed by atoms with E-state index in [-0.39, 0.29) is 11.1 Å². The van der Waals surface area contributed by atoms with Crippen molar-refractivity contribution >= 4 is 11.6 Å². The third-order valence-corrected chi connectivity index (χ3v) is 3.83. The summed E-state index contributed by atoms with van der Waals surface area (Å²) < 4.78 is 15.3. The molecular weight excluding hydrogens is 277 g/mol. The van der Waals surface area contributed by atoms with E-state index < -0.39 is 5.82 Å². The quantitative estimate of drug-likeness (QED) is 0.941. The molecule has 0 amide bonds. The first-order valence-corrected chi connectivity index (χ1v) is 6.99. The lowest BCUT2D eigenvalue weighted by molar-refractivity contribution is 0.616. The van der Waals surface area contributed by atoms with Crippen molar-refractivity contribution in [1.82, 2.24) is 9.78 Å². The van der Waals surface area contributed by atoms with Gasteiger partial charge in [-0.1, -0.05) is 23.7 Å². The Kier molecular flexibility index (Phi) is 4.45. The monoisotopic (exact) mass is 295 g/mol. The highest BCUT2D eigenvalue weighted by Gasteiger charge is 2.14. The predicted octanol–water partition coefficient (Wildman–Crippen LogP) is 3.23. The molecule has 108 valence electrons. The number of nitrogens with zero attached hydrogens (tertiary/aromatic N) is 2. The number of hydrogen-bond donors (Lipinski definition) is 1. The molecule has 0 saturated carbocycles. The van der Waals surface area contributed by atoms with Crippen LogP contribution in [0.1, 0.15) is 29.4 Å². The maximum absolute atomic E-state index is 13.5. The first kappa shape index (κ1) is 15.0. The molecule has 2 rings (SSSR count). The number of benzene rings is 1. The molecule has 0 bridgehead atoms. The Morgan fingerprint density at radius 3 is 2.75 bits per heavy atom. The Bertz CT molecular complexity index is 620. The molecule has 2 N–H and O–H groups in total. The van der Waals surface area contributed by atoms with Gasteiger partial charge in [0, 0.05) is 11.7 Å². The minimum absolute atomic E-state index is 0.0859. The second kappa shape index (κ2) is 5.94. The van der Waals surface area contributed by atoms with Crippen LogP contribution in [0, 0.1) is 19.7 Å². The molecule has 2 aromatic rings. The number of rotatable bonds is 4. The molecule has 0 aliphatic carbocycles. The Hall–Kier alpha value is -1.39. The van der Waals surface area contributed by atoms with Crippen LogP contribution in [0.3, 0.4) is 0 Å². The lowest BCUT2D eigenvalue weighted by Gasteiger charge is -2.09. The van der Waals surface area contributed by atoms with Crippen LogP contribution in [0.4, 0.5) is 4.39 Å². The Morgan fingerprint density at radius 2 is 2.10 bits per heavy atom. The van der Waals surface area contributed by atoms with E-state index in [0.717, 1.165) is 28.9 Å². The van der Waals surface area contributed by atoms with Gasteiger partial charge in [0.2, 0.25) is 0 Å². The van der Waals surface area contributed by atoms with Gasteiger partial charge >= 0.3 is 0 Å². The fourth-order valence-corrected chi connectivity index (χ4v) is 2.52. The Labute approximate surface area is 123 Å². The first-order valence-electron chi connectivity index (χ1n) is 6.61. The molecule has 0 spiro atoms. The standard InChI is InChI=1S/C15H19ClFN3/c1-9(18)7-13-10(2)19-20(11(13)3)8-12-5-4-6-14(17)15(12)16/h4-6,9H,7-8,18H2,1-3H3. The second-order valence-electron chi connectivity index (χ2n) is 5.20. The average molecular weight is 296 g/mol. The summed E-state index contributed by atoms with van der Waals surface area (Å²) in [6, 6.07) is 4.91. The van der Waals surface area contributed by atoms with Crippen LogP contribution < -0.4 is 5.73 Å². The predicted molar refractivity (Wildman–Crippen MR) is 79.6 cm³/mol. The highest BCUT2D eigenvalue weighted by atomic mass is 35.5. The van der Waals surface area contributed by atoms with Gasteiger partial charge < -0.3 is 5.73 Å². The third-order valence-electron chi connectivity index (χ3n) is 3.41. The highest BCUT2D eigenvalue weighted by molar-refractivity contribution is 6.31. The van der Waals surface area contributed by atoms with Crippen molar-refractivity contribution in [3.05, 3.63) is 51.6 Å². The minimum Gasteiger partial charge on any atom is -0.328 e. The molecule has 0 saturated heterocycles. The fraction of sp³-hybridized carbons (Fsp3) is 0.400. The van der Waals surface area contributed by atoms with Crippen LogP contribution in [-0.4, -0.2) is 15.8 Å². The lowest BCUT2D eigenvalue weighted by Crippen LogP contribution is -2.18. The van der Waals surface area contributed by atoms with Gasteiger partial charge in [0.25, 0.3) is 0 Å². The van der Waals surface area contributed by atoms with Gasteiger partial charge in [-0.2, -0.15) is 5.10 Å². The summed E-state index contributed by atoms with van der Waals surface area (Å²) >= 11 is 5.99. The van der Waals surface area contributed by atoms with Crippen LogP contribution >= 0.6 is 11.6 Å². The van der Waals surface area contributed by atoms with Crippen molar-refractivity contribution in [3.8, 4) is 0 Å². The highest BCUT2D eigenvalue weighted by Crippen LogP contribution is 2.22. The van der Waals surface area contributed by atoms with E-state index in [4.69, 9.17) is 17.3 Å². The van der Waals surface area contributed by atoms with Gasteiger partial charge in [0.1, 0.15) is 5.82 Å². The van der Waals surface area contributed by atoms with E-state index >= 15 is 0 Å². The molecule has 1 unspecified atom stereocenters. The van der Waals surface area contributed by atoms with Crippen LogP contribution in [0.15, 0.2) is 18.2 Å². The molecule has 0 aliphatic rings. The van der Waals surface area contributed by atoms with Crippen molar-refractivity contribution < 1.29 is 4.39 Å². The van der Waals surface area contributed by atoms with Crippen LogP contribution in [0.25, 0.3) is 0 Å². The molecule has 0 radical (unpaired) electrons. The number of aromatic nitrogens is 2. The zero-order valence-electron chi connectivity index (χ0n) is 12.0. The summed E-state index contributed by atoms with van der Waals surface area (Å²) in [7, 11) is 0. The van der Waals surface area contributed by atoms with Crippen molar-refractivity contribution in [2.45, 2.75) is 39.8 Å². The second-order valence-corrected chi connectivity index (χ2v) is 5.58. The first-order chi connectivity index (χ1) is 9.40. The van der Waals surface area contributed by atoms with Gasteiger partial charge in [0.15, 0.2) is 0 Å². The maximum Gasteiger partial charge on any atom is 0.142 e. The molecular formula is C15H19ClFN3. The van der Waals surface area contributed by atoms with Crippen molar-refractivity contribution in [2.24, 2.45) is 5.73 Å². The summed E-state index contributed by atoms with van der Waals surface area (Å²) in [5.41, 5.74) is 9.77. The minimum atomic E-state index is -0.401. The largest absolute Gasteiger partial charge is 0.328 e. The summed E-state index contributed by atoms with van der Waals surface area (Å²) in [5, 5.41) is 4.67.